The van der Waals surface area contributed by atoms with Crippen molar-refractivity contribution in [1.29, 1.82) is 0 Å². The van der Waals surface area contributed by atoms with Crippen LogP contribution < -0.4 is 21.4 Å². The number of anilines is 2. The maximum atomic E-state index is 14.8. The number of aromatic amines is 1. The van der Waals surface area contributed by atoms with Gasteiger partial charge in [0, 0.05) is 62.2 Å². The summed E-state index contributed by atoms with van der Waals surface area (Å²) in [5, 5.41) is 12.7. The molecule has 0 amide bonds. The molecule has 1 atom stereocenters. The summed E-state index contributed by atoms with van der Waals surface area (Å²) in [6.45, 7) is 5.01. The summed E-state index contributed by atoms with van der Waals surface area (Å²) in [6.07, 6.45) is 4.01. The van der Waals surface area contributed by atoms with Gasteiger partial charge in [-0.2, -0.15) is 16.9 Å². The molecular formula is C25H32FN9OS. The molecule has 6 rings (SSSR count). The smallest absolute Gasteiger partial charge is 0.210 e. The SMILES string of the molecule is Cc1cc(NC2=NC(N)(Cc3ccc(F)c(N4CCSCC4)c3)N=C3C2=CNN3C2CCOCC2)n[nH]1. The summed E-state index contributed by atoms with van der Waals surface area (Å²) >= 11 is 1.90. The third-order valence-electron chi connectivity index (χ3n) is 7.01. The van der Waals surface area contributed by atoms with Gasteiger partial charge in [-0.3, -0.25) is 15.8 Å². The molecule has 10 nitrogen and oxygen atoms in total. The van der Waals surface area contributed by atoms with Crippen LogP contribution in [0.3, 0.4) is 0 Å². The number of hydrogen-bond donors (Lipinski definition) is 4. The number of rotatable bonds is 5. The zero-order valence-electron chi connectivity index (χ0n) is 20.8. The van der Waals surface area contributed by atoms with Crippen LogP contribution >= 0.6 is 11.8 Å². The fraction of sp³-hybridized carbons (Fsp3) is 0.480. The molecule has 4 aliphatic rings. The summed E-state index contributed by atoms with van der Waals surface area (Å²) in [4.78, 5) is 12.0. The fourth-order valence-electron chi connectivity index (χ4n) is 5.15. The predicted octanol–water partition coefficient (Wildman–Crippen LogP) is 2.37. The highest BCUT2D eigenvalue weighted by molar-refractivity contribution is 7.99. The monoisotopic (exact) mass is 525 g/mol. The van der Waals surface area contributed by atoms with Crippen molar-refractivity contribution in [2.45, 2.75) is 38.0 Å². The van der Waals surface area contributed by atoms with Crippen LogP contribution in [-0.4, -0.2) is 76.5 Å². The molecule has 1 unspecified atom stereocenters. The summed E-state index contributed by atoms with van der Waals surface area (Å²) in [5.41, 5.74) is 13.5. The standard InChI is InChI=1S/C25H32FN9OS/c1-16-12-22(33-32-16)29-23-19-15-28-35(18-4-8-36-9-5-18)24(19)31-25(27,30-23)14-17-2-3-20(26)21(13-17)34-6-10-37-11-7-34/h2-3,12-13,15,18,28H,4-11,14,27H2,1H3,(H2,29,30,32,33). The molecule has 0 bridgehead atoms. The minimum absolute atomic E-state index is 0.215. The van der Waals surface area contributed by atoms with Crippen molar-refractivity contribution in [3.63, 3.8) is 0 Å². The Labute approximate surface area is 219 Å². The number of halogens is 1. The number of aromatic nitrogens is 2. The second-order valence-electron chi connectivity index (χ2n) is 9.80. The number of hydrogen-bond acceptors (Lipinski definition) is 10. The number of thioether (sulfide) groups is 1. The Kier molecular flexibility index (Phi) is 6.55. The van der Waals surface area contributed by atoms with Crippen LogP contribution in [0.5, 0.6) is 0 Å². The van der Waals surface area contributed by atoms with Crippen LogP contribution in [0.2, 0.25) is 0 Å². The Morgan fingerprint density at radius 2 is 2.03 bits per heavy atom. The third kappa shape index (κ3) is 5.05. The lowest BCUT2D eigenvalue weighted by atomic mass is 10.0. The fourth-order valence-corrected chi connectivity index (χ4v) is 6.06. The van der Waals surface area contributed by atoms with Gasteiger partial charge >= 0.3 is 0 Å². The van der Waals surface area contributed by atoms with E-state index in [1.807, 2.05) is 37.0 Å². The van der Waals surface area contributed by atoms with Crippen LogP contribution in [0.25, 0.3) is 0 Å². The summed E-state index contributed by atoms with van der Waals surface area (Å²) in [6, 6.07) is 7.34. The topological polar surface area (TPSA) is 119 Å². The number of benzene rings is 1. The van der Waals surface area contributed by atoms with Crippen LogP contribution in [0.4, 0.5) is 15.9 Å². The molecule has 2 aromatic rings. The minimum atomic E-state index is -1.28. The molecule has 5 N–H and O–H groups in total. The van der Waals surface area contributed by atoms with E-state index < -0.39 is 5.79 Å². The van der Waals surface area contributed by atoms with Gasteiger partial charge in [-0.05, 0) is 37.5 Å². The predicted molar refractivity (Wildman–Crippen MR) is 145 cm³/mol. The molecule has 2 fully saturated rings. The number of H-pyrrole nitrogens is 1. The molecule has 12 heteroatoms. The van der Waals surface area contributed by atoms with Gasteiger partial charge in [0.15, 0.2) is 11.7 Å². The lowest BCUT2D eigenvalue weighted by molar-refractivity contribution is 0.0486. The van der Waals surface area contributed by atoms with Gasteiger partial charge in [-0.1, -0.05) is 6.07 Å². The van der Waals surface area contributed by atoms with Gasteiger partial charge in [0.2, 0.25) is 5.79 Å². The average molecular weight is 526 g/mol. The minimum Gasteiger partial charge on any atom is -0.381 e. The van der Waals surface area contributed by atoms with E-state index >= 15 is 0 Å². The van der Waals surface area contributed by atoms with E-state index in [0.717, 1.165) is 60.1 Å². The van der Waals surface area contributed by atoms with Crippen molar-refractivity contribution in [1.82, 2.24) is 20.6 Å². The van der Waals surface area contributed by atoms with E-state index in [-0.39, 0.29) is 11.9 Å². The molecule has 1 aromatic heterocycles. The van der Waals surface area contributed by atoms with Crippen LogP contribution in [-0.2, 0) is 11.2 Å². The van der Waals surface area contributed by atoms with Gasteiger partial charge in [-0.25, -0.2) is 14.4 Å². The first-order valence-electron chi connectivity index (χ1n) is 12.7. The summed E-state index contributed by atoms with van der Waals surface area (Å²) in [5.74, 6) is 2.49. The number of aryl methyl sites for hydroxylation is 1. The van der Waals surface area contributed by atoms with Gasteiger partial charge < -0.3 is 20.4 Å². The first-order chi connectivity index (χ1) is 18.0. The molecule has 37 heavy (non-hydrogen) atoms. The molecule has 0 aliphatic carbocycles. The number of nitrogens with zero attached hydrogens (tertiary/aromatic N) is 5. The number of hydrazine groups is 1. The van der Waals surface area contributed by atoms with E-state index in [0.29, 0.717) is 37.0 Å². The Morgan fingerprint density at radius 3 is 2.78 bits per heavy atom. The highest BCUT2D eigenvalue weighted by Crippen LogP contribution is 2.31. The number of nitrogens with two attached hydrogens (primary N) is 1. The van der Waals surface area contributed by atoms with Crippen molar-refractivity contribution < 1.29 is 9.13 Å². The maximum Gasteiger partial charge on any atom is 0.210 e. The molecule has 4 aliphatic heterocycles. The van der Waals surface area contributed by atoms with Crippen LogP contribution in [0.15, 0.2) is 46.0 Å². The summed E-state index contributed by atoms with van der Waals surface area (Å²) in [7, 11) is 0. The molecule has 5 heterocycles. The lowest BCUT2D eigenvalue weighted by Crippen LogP contribution is -2.52. The molecule has 2 saturated heterocycles. The summed E-state index contributed by atoms with van der Waals surface area (Å²) < 4.78 is 20.3. The number of amidine groups is 2. The van der Waals surface area contributed by atoms with Gasteiger partial charge in [0.25, 0.3) is 0 Å². The number of fused-ring (bicyclic) bond motifs is 1. The Morgan fingerprint density at radius 1 is 1.22 bits per heavy atom. The van der Waals surface area contributed by atoms with E-state index in [9.17, 15) is 4.39 Å². The van der Waals surface area contributed by atoms with Crippen molar-refractivity contribution in [3.8, 4) is 0 Å². The van der Waals surface area contributed by atoms with Gasteiger partial charge in [-0.15, -0.1) is 0 Å². The maximum absolute atomic E-state index is 14.8. The number of nitrogens with one attached hydrogen (secondary N) is 3. The largest absolute Gasteiger partial charge is 0.381 e. The Balaban J connectivity index is 1.33. The molecule has 0 radical (unpaired) electrons. The molecular weight excluding hydrogens is 493 g/mol. The van der Waals surface area contributed by atoms with Crippen molar-refractivity contribution in [2.24, 2.45) is 15.7 Å². The van der Waals surface area contributed by atoms with Crippen molar-refractivity contribution in [2.75, 3.05) is 48.0 Å². The zero-order valence-corrected chi connectivity index (χ0v) is 21.7. The Hall–Kier alpha value is -3.09. The van der Waals surface area contributed by atoms with Gasteiger partial charge in [0.1, 0.15) is 11.7 Å². The normalized spacial score (nSPS) is 24.2. The lowest BCUT2D eigenvalue weighted by Gasteiger charge is -2.36. The molecule has 0 spiro atoms. The Bertz CT molecular complexity index is 1250. The van der Waals surface area contributed by atoms with E-state index in [2.05, 4.69) is 30.8 Å². The molecule has 1 aromatic carbocycles. The van der Waals surface area contributed by atoms with E-state index in [1.165, 1.54) is 6.07 Å². The van der Waals surface area contributed by atoms with Crippen molar-refractivity contribution in [3.05, 3.63) is 53.1 Å². The third-order valence-corrected chi connectivity index (χ3v) is 7.95. The van der Waals surface area contributed by atoms with E-state index in [1.54, 1.807) is 6.07 Å². The average Bonchev–Trinajstić information content (AvgIpc) is 3.51. The van der Waals surface area contributed by atoms with Crippen LogP contribution in [0, 0.1) is 12.7 Å². The first kappa shape index (κ1) is 24.3. The highest BCUT2D eigenvalue weighted by Gasteiger charge is 2.40. The number of ether oxygens (including phenoxy) is 1. The molecule has 196 valence electrons. The molecule has 0 saturated carbocycles. The highest BCUT2D eigenvalue weighted by atomic mass is 32.2. The first-order valence-corrected chi connectivity index (χ1v) is 13.9. The number of aliphatic imine (C=N–C) groups is 2. The van der Waals surface area contributed by atoms with Crippen LogP contribution in [0.1, 0.15) is 24.1 Å². The second-order valence-corrected chi connectivity index (χ2v) is 11.0. The second kappa shape index (κ2) is 9.99. The quantitative estimate of drug-likeness (QED) is 0.470. The zero-order chi connectivity index (χ0) is 25.4. The van der Waals surface area contributed by atoms with Gasteiger partial charge in [0.05, 0.1) is 17.3 Å². The van der Waals surface area contributed by atoms with Crippen molar-refractivity contribution >= 4 is 34.9 Å². The van der Waals surface area contributed by atoms with E-state index in [4.69, 9.17) is 20.5 Å².